The van der Waals surface area contributed by atoms with Crippen molar-refractivity contribution in [1.82, 2.24) is 4.98 Å². The fourth-order valence-electron chi connectivity index (χ4n) is 2.97. The van der Waals surface area contributed by atoms with Crippen molar-refractivity contribution in [2.45, 2.75) is 0 Å². The SMILES string of the molecule is COc1ccc2ccccc2c1C=NNc1ccnc2ccc(F)cc12. The number of rotatable bonds is 4. The van der Waals surface area contributed by atoms with Crippen LogP contribution in [0.15, 0.2) is 72.0 Å². The highest BCUT2D eigenvalue weighted by Gasteiger charge is 2.06. The Labute approximate surface area is 149 Å². The van der Waals surface area contributed by atoms with E-state index in [2.05, 4.69) is 15.5 Å². The van der Waals surface area contributed by atoms with Crippen LogP contribution in [-0.2, 0) is 0 Å². The molecule has 0 spiro atoms. The summed E-state index contributed by atoms with van der Waals surface area (Å²) in [6.45, 7) is 0. The third-order valence-corrected chi connectivity index (χ3v) is 4.23. The minimum absolute atomic E-state index is 0.312. The van der Waals surface area contributed by atoms with E-state index in [0.717, 1.165) is 22.1 Å². The lowest BCUT2D eigenvalue weighted by molar-refractivity contribution is 0.415. The zero-order chi connectivity index (χ0) is 17.9. The second-order valence-electron chi connectivity index (χ2n) is 5.79. The van der Waals surface area contributed by atoms with Gasteiger partial charge >= 0.3 is 0 Å². The number of fused-ring (bicyclic) bond motifs is 2. The molecule has 3 aromatic carbocycles. The highest BCUT2D eigenvalue weighted by molar-refractivity contribution is 6.03. The molecule has 0 atom stereocenters. The van der Waals surface area contributed by atoms with E-state index < -0.39 is 0 Å². The van der Waals surface area contributed by atoms with Crippen molar-refractivity contribution in [3.05, 3.63) is 78.2 Å². The molecule has 0 saturated carbocycles. The molecule has 0 bridgehead atoms. The van der Waals surface area contributed by atoms with Crippen LogP contribution in [0.5, 0.6) is 5.75 Å². The van der Waals surface area contributed by atoms with E-state index in [9.17, 15) is 4.39 Å². The molecule has 1 heterocycles. The summed E-state index contributed by atoms with van der Waals surface area (Å²) in [6.07, 6.45) is 3.38. The average Bonchev–Trinajstić information content (AvgIpc) is 2.68. The Morgan fingerprint density at radius 1 is 1.04 bits per heavy atom. The highest BCUT2D eigenvalue weighted by atomic mass is 19.1. The lowest BCUT2D eigenvalue weighted by atomic mass is 10.0. The maximum Gasteiger partial charge on any atom is 0.128 e. The second kappa shape index (κ2) is 6.80. The molecule has 5 heteroatoms. The number of hydrogen-bond acceptors (Lipinski definition) is 4. The Morgan fingerprint density at radius 3 is 2.81 bits per heavy atom. The van der Waals surface area contributed by atoms with Gasteiger partial charge in [-0.3, -0.25) is 10.4 Å². The molecule has 1 aromatic heterocycles. The first-order valence-electron chi connectivity index (χ1n) is 8.15. The third kappa shape index (κ3) is 2.95. The lowest BCUT2D eigenvalue weighted by Gasteiger charge is -2.09. The summed E-state index contributed by atoms with van der Waals surface area (Å²) in [6, 6.07) is 18.2. The predicted octanol–water partition coefficient (Wildman–Crippen LogP) is 4.98. The molecule has 0 aliphatic rings. The quantitative estimate of drug-likeness (QED) is 0.419. The summed E-state index contributed by atoms with van der Waals surface area (Å²) < 4.78 is 19.0. The summed E-state index contributed by atoms with van der Waals surface area (Å²) in [5.74, 6) is 0.424. The maximum absolute atomic E-state index is 13.6. The van der Waals surface area contributed by atoms with E-state index in [-0.39, 0.29) is 5.82 Å². The molecule has 0 unspecified atom stereocenters. The summed E-state index contributed by atoms with van der Waals surface area (Å²) in [7, 11) is 1.63. The van der Waals surface area contributed by atoms with E-state index in [1.807, 2.05) is 36.4 Å². The minimum atomic E-state index is -0.312. The number of benzene rings is 3. The van der Waals surface area contributed by atoms with Crippen molar-refractivity contribution in [2.75, 3.05) is 12.5 Å². The molecule has 4 nitrogen and oxygen atoms in total. The largest absolute Gasteiger partial charge is 0.496 e. The van der Waals surface area contributed by atoms with Crippen LogP contribution in [0, 0.1) is 5.82 Å². The first kappa shape index (κ1) is 16.0. The van der Waals surface area contributed by atoms with Crippen molar-refractivity contribution < 1.29 is 9.13 Å². The van der Waals surface area contributed by atoms with Gasteiger partial charge in [0.25, 0.3) is 0 Å². The van der Waals surface area contributed by atoms with E-state index in [0.29, 0.717) is 16.6 Å². The number of aromatic nitrogens is 1. The number of halogens is 1. The average molecular weight is 345 g/mol. The Morgan fingerprint density at radius 2 is 1.92 bits per heavy atom. The number of hydrogen-bond donors (Lipinski definition) is 1. The molecule has 128 valence electrons. The van der Waals surface area contributed by atoms with Crippen LogP contribution in [0.2, 0.25) is 0 Å². The highest BCUT2D eigenvalue weighted by Crippen LogP contribution is 2.27. The minimum Gasteiger partial charge on any atom is -0.496 e. The van der Waals surface area contributed by atoms with Crippen molar-refractivity contribution in [2.24, 2.45) is 5.10 Å². The van der Waals surface area contributed by atoms with E-state index in [1.54, 1.807) is 31.7 Å². The fourth-order valence-corrected chi connectivity index (χ4v) is 2.97. The van der Waals surface area contributed by atoms with Crippen LogP contribution < -0.4 is 10.2 Å². The molecule has 4 aromatic rings. The summed E-state index contributed by atoms with van der Waals surface area (Å²) >= 11 is 0. The van der Waals surface area contributed by atoms with Crippen LogP contribution in [0.1, 0.15) is 5.56 Å². The zero-order valence-electron chi connectivity index (χ0n) is 14.1. The Kier molecular flexibility index (Phi) is 4.19. The van der Waals surface area contributed by atoms with E-state index in [1.165, 1.54) is 12.1 Å². The topological polar surface area (TPSA) is 46.5 Å². The standard InChI is InChI=1S/C21H16FN3O/c1-26-21-9-6-14-4-2-3-5-16(14)18(21)13-24-25-20-10-11-23-19-8-7-15(22)12-17(19)20/h2-13H,1H3,(H,23,25). The number of methoxy groups -OCH3 is 1. The molecular weight excluding hydrogens is 329 g/mol. The molecule has 0 saturated heterocycles. The van der Waals surface area contributed by atoms with Gasteiger partial charge in [-0.2, -0.15) is 5.10 Å². The number of hydrazone groups is 1. The van der Waals surface area contributed by atoms with Gasteiger partial charge in [0, 0.05) is 17.1 Å². The lowest BCUT2D eigenvalue weighted by Crippen LogP contribution is -1.96. The third-order valence-electron chi connectivity index (χ3n) is 4.23. The Balaban J connectivity index is 1.72. The second-order valence-corrected chi connectivity index (χ2v) is 5.79. The van der Waals surface area contributed by atoms with E-state index in [4.69, 9.17) is 4.74 Å². The molecule has 26 heavy (non-hydrogen) atoms. The van der Waals surface area contributed by atoms with Gasteiger partial charge in [-0.05, 0) is 41.1 Å². The molecule has 0 aliphatic carbocycles. The van der Waals surface area contributed by atoms with Gasteiger partial charge in [0.1, 0.15) is 11.6 Å². The number of ether oxygens (including phenoxy) is 1. The molecule has 0 fully saturated rings. The molecule has 0 radical (unpaired) electrons. The number of nitrogens with zero attached hydrogens (tertiary/aromatic N) is 2. The Hall–Kier alpha value is -3.47. The summed E-state index contributed by atoms with van der Waals surface area (Å²) in [5.41, 5.74) is 5.25. The molecular formula is C21H16FN3O. The smallest absolute Gasteiger partial charge is 0.128 e. The number of nitrogens with one attached hydrogen (secondary N) is 1. The Bertz CT molecular complexity index is 1120. The first-order chi connectivity index (χ1) is 12.8. The predicted molar refractivity (Wildman–Crippen MR) is 103 cm³/mol. The zero-order valence-corrected chi connectivity index (χ0v) is 14.1. The van der Waals surface area contributed by atoms with Crippen LogP contribution in [0.25, 0.3) is 21.7 Å². The van der Waals surface area contributed by atoms with Crippen molar-refractivity contribution in [3.63, 3.8) is 0 Å². The van der Waals surface area contributed by atoms with Crippen LogP contribution in [-0.4, -0.2) is 18.3 Å². The van der Waals surface area contributed by atoms with Crippen LogP contribution in [0.4, 0.5) is 10.1 Å². The van der Waals surface area contributed by atoms with Gasteiger partial charge in [0.15, 0.2) is 0 Å². The van der Waals surface area contributed by atoms with Gasteiger partial charge in [-0.1, -0.05) is 30.3 Å². The number of anilines is 1. The molecule has 0 amide bonds. The van der Waals surface area contributed by atoms with Gasteiger partial charge in [0.05, 0.1) is 24.5 Å². The van der Waals surface area contributed by atoms with Crippen LogP contribution in [0.3, 0.4) is 0 Å². The van der Waals surface area contributed by atoms with Crippen molar-refractivity contribution in [1.29, 1.82) is 0 Å². The van der Waals surface area contributed by atoms with Crippen molar-refractivity contribution >= 4 is 33.6 Å². The summed E-state index contributed by atoms with van der Waals surface area (Å²) in [5, 5.41) is 7.17. The van der Waals surface area contributed by atoms with Gasteiger partial charge in [-0.15, -0.1) is 0 Å². The van der Waals surface area contributed by atoms with Gasteiger partial charge < -0.3 is 4.74 Å². The van der Waals surface area contributed by atoms with E-state index >= 15 is 0 Å². The normalized spacial score (nSPS) is 11.3. The molecule has 0 aliphatic heterocycles. The maximum atomic E-state index is 13.6. The van der Waals surface area contributed by atoms with Gasteiger partial charge in [0.2, 0.25) is 0 Å². The van der Waals surface area contributed by atoms with Crippen LogP contribution >= 0.6 is 0 Å². The monoisotopic (exact) mass is 345 g/mol. The summed E-state index contributed by atoms with van der Waals surface area (Å²) in [4.78, 5) is 4.24. The van der Waals surface area contributed by atoms with Crippen molar-refractivity contribution in [3.8, 4) is 5.75 Å². The number of pyridine rings is 1. The first-order valence-corrected chi connectivity index (χ1v) is 8.15. The molecule has 4 rings (SSSR count). The van der Waals surface area contributed by atoms with Gasteiger partial charge in [-0.25, -0.2) is 4.39 Å². The molecule has 1 N–H and O–H groups in total. The fraction of sp³-hybridized carbons (Fsp3) is 0.0476.